The van der Waals surface area contributed by atoms with Crippen molar-refractivity contribution in [2.75, 3.05) is 0 Å². The Balaban J connectivity index is 3.23. The minimum absolute atomic E-state index is 0.109. The second-order valence-electron chi connectivity index (χ2n) is 2.15. The molecule has 0 spiro atoms. The Morgan fingerprint density at radius 1 is 1.58 bits per heavy atom. The maximum absolute atomic E-state index is 10.5. The maximum Gasteiger partial charge on any atom is 0.336 e. The van der Waals surface area contributed by atoms with Crippen molar-refractivity contribution in [1.29, 1.82) is 5.26 Å². The Morgan fingerprint density at radius 2 is 2.25 bits per heavy atom. The summed E-state index contributed by atoms with van der Waals surface area (Å²) in [5, 5.41) is 17.1. The second kappa shape index (κ2) is 3.28. The molecule has 0 unspecified atom stereocenters. The fourth-order valence-electron chi connectivity index (χ4n) is 0.782. The minimum atomic E-state index is -1.04. The van der Waals surface area contributed by atoms with Gasteiger partial charge in [-0.05, 0) is 18.2 Å². The van der Waals surface area contributed by atoms with Gasteiger partial charge in [-0.15, -0.1) is 12.6 Å². The molecule has 0 aliphatic carbocycles. The molecular weight excluding hydrogens is 174 g/mol. The number of carboxylic acids is 1. The van der Waals surface area contributed by atoms with Crippen LogP contribution in [-0.2, 0) is 0 Å². The van der Waals surface area contributed by atoms with Crippen molar-refractivity contribution in [2.24, 2.45) is 0 Å². The summed E-state index contributed by atoms with van der Waals surface area (Å²) < 4.78 is 0. The van der Waals surface area contributed by atoms with Crippen LogP contribution in [0.5, 0.6) is 0 Å². The molecule has 0 saturated carbocycles. The highest BCUT2D eigenvalue weighted by molar-refractivity contribution is 7.80. The first-order chi connectivity index (χ1) is 5.65. The largest absolute Gasteiger partial charge is 0.478 e. The highest BCUT2D eigenvalue weighted by Gasteiger charge is 2.06. The summed E-state index contributed by atoms with van der Waals surface area (Å²) in [6.45, 7) is 0. The predicted octanol–water partition coefficient (Wildman–Crippen LogP) is 1.55. The fraction of sp³-hybridized carbons (Fsp3) is 0. The van der Waals surface area contributed by atoms with Crippen LogP contribution in [0.4, 0.5) is 0 Å². The van der Waals surface area contributed by atoms with E-state index in [1.165, 1.54) is 18.2 Å². The van der Waals surface area contributed by atoms with Crippen molar-refractivity contribution in [3.63, 3.8) is 0 Å². The van der Waals surface area contributed by atoms with Crippen molar-refractivity contribution >= 4 is 18.6 Å². The number of carbonyl (C=O) groups is 1. The summed E-state index contributed by atoms with van der Waals surface area (Å²) in [7, 11) is 0. The molecule has 0 aliphatic rings. The second-order valence-corrected chi connectivity index (χ2v) is 2.63. The lowest BCUT2D eigenvalue weighted by Gasteiger charge is -1.98. The summed E-state index contributed by atoms with van der Waals surface area (Å²) in [6.07, 6.45) is 0. The van der Waals surface area contributed by atoms with Crippen LogP contribution in [0, 0.1) is 11.3 Å². The zero-order valence-electron chi connectivity index (χ0n) is 5.98. The van der Waals surface area contributed by atoms with E-state index in [9.17, 15) is 4.79 Å². The molecule has 1 rings (SSSR count). The molecule has 1 aromatic carbocycles. The molecule has 60 valence electrons. The molecule has 0 radical (unpaired) electrons. The van der Waals surface area contributed by atoms with Crippen LogP contribution in [-0.4, -0.2) is 11.1 Å². The number of aromatic carboxylic acids is 1. The van der Waals surface area contributed by atoms with Crippen LogP contribution in [0.3, 0.4) is 0 Å². The van der Waals surface area contributed by atoms with Crippen LogP contribution in [0.15, 0.2) is 23.1 Å². The van der Waals surface area contributed by atoms with Gasteiger partial charge in [-0.1, -0.05) is 0 Å². The van der Waals surface area contributed by atoms with E-state index in [0.717, 1.165) is 0 Å². The first kappa shape index (κ1) is 8.62. The smallest absolute Gasteiger partial charge is 0.336 e. The Morgan fingerprint density at radius 3 is 2.67 bits per heavy atom. The van der Waals surface area contributed by atoms with E-state index >= 15 is 0 Å². The van der Waals surface area contributed by atoms with Gasteiger partial charge in [-0.3, -0.25) is 0 Å². The number of hydrogen-bond donors (Lipinski definition) is 2. The summed E-state index contributed by atoms with van der Waals surface area (Å²) in [4.78, 5) is 10.8. The lowest BCUT2D eigenvalue weighted by atomic mass is 10.1. The Labute approximate surface area is 74.7 Å². The van der Waals surface area contributed by atoms with Gasteiger partial charge in [0, 0.05) is 4.90 Å². The van der Waals surface area contributed by atoms with E-state index in [2.05, 4.69) is 12.6 Å². The quantitative estimate of drug-likeness (QED) is 0.643. The molecule has 3 nitrogen and oxygen atoms in total. The Hall–Kier alpha value is -1.47. The molecule has 0 aliphatic heterocycles. The maximum atomic E-state index is 10.5. The molecule has 0 heterocycles. The highest BCUT2D eigenvalue weighted by atomic mass is 32.1. The first-order valence-electron chi connectivity index (χ1n) is 3.11. The molecule has 0 atom stereocenters. The number of thiol groups is 1. The van der Waals surface area contributed by atoms with Crippen molar-refractivity contribution in [1.82, 2.24) is 0 Å². The van der Waals surface area contributed by atoms with Crippen LogP contribution >= 0.6 is 12.6 Å². The first-order valence-corrected chi connectivity index (χ1v) is 3.56. The average molecular weight is 179 g/mol. The van der Waals surface area contributed by atoms with Gasteiger partial charge in [-0.25, -0.2) is 4.79 Å². The molecule has 0 amide bonds. The van der Waals surface area contributed by atoms with E-state index in [1.807, 2.05) is 6.07 Å². The number of carboxylic acid groups (broad SMARTS) is 1. The predicted molar refractivity (Wildman–Crippen MR) is 45.4 cm³/mol. The number of nitriles is 1. The van der Waals surface area contributed by atoms with Gasteiger partial charge in [-0.2, -0.15) is 5.26 Å². The molecule has 0 saturated heterocycles. The van der Waals surface area contributed by atoms with Crippen LogP contribution in [0.2, 0.25) is 0 Å². The molecule has 0 fully saturated rings. The molecule has 0 bridgehead atoms. The standard InChI is InChI=1S/C8H5NO2S/c9-4-5-1-2-6(8(10)11)7(12)3-5/h1-3,12H,(H,10,11). The zero-order valence-corrected chi connectivity index (χ0v) is 6.88. The Bertz CT molecular complexity index is 368. The molecule has 0 aromatic heterocycles. The van der Waals surface area contributed by atoms with Crippen LogP contribution in [0.25, 0.3) is 0 Å². The van der Waals surface area contributed by atoms with Gasteiger partial charge >= 0.3 is 5.97 Å². The van der Waals surface area contributed by atoms with Gasteiger partial charge < -0.3 is 5.11 Å². The third-order valence-electron chi connectivity index (χ3n) is 1.36. The van der Waals surface area contributed by atoms with Crippen molar-refractivity contribution in [3.05, 3.63) is 29.3 Å². The number of hydrogen-bond acceptors (Lipinski definition) is 3. The lowest BCUT2D eigenvalue weighted by molar-refractivity contribution is 0.0693. The van der Waals surface area contributed by atoms with Gasteiger partial charge in [0.05, 0.1) is 17.2 Å². The summed E-state index contributed by atoms with van der Waals surface area (Å²) >= 11 is 3.93. The van der Waals surface area contributed by atoms with Crippen LogP contribution < -0.4 is 0 Å². The fourth-order valence-corrected chi connectivity index (χ4v) is 1.09. The summed E-state index contributed by atoms with van der Waals surface area (Å²) in [5.41, 5.74) is 0.516. The van der Waals surface area contributed by atoms with E-state index in [4.69, 9.17) is 10.4 Å². The van der Waals surface area contributed by atoms with Gasteiger partial charge in [0.15, 0.2) is 0 Å². The molecular formula is C8H5NO2S. The average Bonchev–Trinajstić information content (AvgIpc) is 2.03. The lowest BCUT2D eigenvalue weighted by Crippen LogP contribution is -1.97. The Kier molecular flexibility index (Phi) is 2.36. The summed E-state index contributed by atoms with van der Waals surface area (Å²) in [5.74, 6) is -1.04. The third kappa shape index (κ3) is 1.57. The molecule has 1 aromatic rings. The van der Waals surface area contributed by atoms with E-state index in [0.29, 0.717) is 10.5 Å². The van der Waals surface area contributed by atoms with E-state index in [1.54, 1.807) is 0 Å². The van der Waals surface area contributed by atoms with Gasteiger partial charge in [0.2, 0.25) is 0 Å². The van der Waals surface area contributed by atoms with Gasteiger partial charge in [0.1, 0.15) is 0 Å². The molecule has 12 heavy (non-hydrogen) atoms. The minimum Gasteiger partial charge on any atom is -0.478 e. The number of benzene rings is 1. The summed E-state index contributed by atoms with van der Waals surface area (Å²) in [6, 6.07) is 6.13. The topological polar surface area (TPSA) is 61.1 Å². The third-order valence-corrected chi connectivity index (χ3v) is 1.73. The van der Waals surface area contributed by atoms with Crippen molar-refractivity contribution < 1.29 is 9.90 Å². The SMILES string of the molecule is N#Cc1ccc(C(=O)O)c(S)c1. The van der Waals surface area contributed by atoms with Crippen molar-refractivity contribution in [3.8, 4) is 6.07 Å². The monoisotopic (exact) mass is 179 g/mol. The number of nitrogens with zero attached hydrogens (tertiary/aromatic N) is 1. The van der Waals surface area contributed by atoms with E-state index < -0.39 is 5.97 Å². The number of rotatable bonds is 1. The zero-order chi connectivity index (χ0) is 9.14. The molecule has 1 N–H and O–H groups in total. The van der Waals surface area contributed by atoms with Gasteiger partial charge in [0.25, 0.3) is 0 Å². The van der Waals surface area contributed by atoms with Crippen LogP contribution in [0.1, 0.15) is 15.9 Å². The van der Waals surface area contributed by atoms with E-state index in [-0.39, 0.29) is 5.56 Å². The molecule has 4 heteroatoms. The normalized spacial score (nSPS) is 9.00. The van der Waals surface area contributed by atoms with Crippen molar-refractivity contribution in [2.45, 2.75) is 4.90 Å². The highest BCUT2D eigenvalue weighted by Crippen LogP contribution is 2.15.